The lowest BCUT2D eigenvalue weighted by Gasteiger charge is -2.36. The maximum Gasteiger partial charge on any atom is 0.309 e. The van der Waals surface area contributed by atoms with Gasteiger partial charge in [0.15, 0.2) is 0 Å². The van der Waals surface area contributed by atoms with E-state index in [1.54, 1.807) is 0 Å². The van der Waals surface area contributed by atoms with E-state index in [4.69, 9.17) is 16.3 Å². The molecule has 0 atom stereocenters. The number of hydrogen-bond donors (Lipinski definition) is 0. The van der Waals surface area contributed by atoms with E-state index in [0.29, 0.717) is 39.0 Å². The largest absolute Gasteiger partial charge is 0.466 e. The van der Waals surface area contributed by atoms with Gasteiger partial charge in [-0.15, -0.1) is 0 Å². The number of rotatable bonds is 6. The van der Waals surface area contributed by atoms with Crippen LogP contribution in [-0.2, 0) is 14.3 Å². The van der Waals surface area contributed by atoms with Crippen LogP contribution in [0.15, 0.2) is 24.3 Å². The molecule has 1 amide bonds. The van der Waals surface area contributed by atoms with E-state index < -0.39 is 0 Å². The van der Waals surface area contributed by atoms with Gasteiger partial charge in [-0.3, -0.25) is 14.5 Å². The summed E-state index contributed by atoms with van der Waals surface area (Å²) in [5, 5.41) is 0.757. The molecule has 7 heteroatoms. The van der Waals surface area contributed by atoms with Crippen molar-refractivity contribution in [2.24, 2.45) is 5.92 Å². The van der Waals surface area contributed by atoms with Gasteiger partial charge >= 0.3 is 5.97 Å². The zero-order chi connectivity index (χ0) is 19.9. The number of piperazine rings is 1. The predicted octanol–water partition coefficient (Wildman–Crippen LogP) is 2.65. The summed E-state index contributed by atoms with van der Waals surface area (Å²) < 4.78 is 5.09. The van der Waals surface area contributed by atoms with Gasteiger partial charge in [0.1, 0.15) is 0 Å². The molecule has 0 unspecified atom stereocenters. The molecule has 0 bridgehead atoms. The van der Waals surface area contributed by atoms with Gasteiger partial charge in [0.05, 0.1) is 12.5 Å². The molecule has 2 aliphatic heterocycles. The van der Waals surface area contributed by atoms with Crippen LogP contribution in [0.5, 0.6) is 0 Å². The normalized spacial score (nSPS) is 18.9. The molecule has 154 valence electrons. The second-order valence-corrected chi connectivity index (χ2v) is 7.90. The third kappa shape index (κ3) is 5.61. The van der Waals surface area contributed by atoms with Crippen LogP contribution < -0.4 is 4.90 Å². The number of esters is 1. The lowest BCUT2D eigenvalue weighted by Crippen LogP contribution is -2.48. The summed E-state index contributed by atoms with van der Waals surface area (Å²) in [5.41, 5.74) is 1.20. The third-order valence-corrected chi connectivity index (χ3v) is 5.93. The first-order valence-corrected chi connectivity index (χ1v) is 10.6. The highest BCUT2D eigenvalue weighted by atomic mass is 35.5. The minimum atomic E-state index is -0.117. The van der Waals surface area contributed by atoms with E-state index in [-0.39, 0.29) is 17.8 Å². The maximum atomic E-state index is 12.5. The fraction of sp³-hybridized carbons (Fsp3) is 0.619. The molecule has 0 aliphatic carbocycles. The summed E-state index contributed by atoms with van der Waals surface area (Å²) in [7, 11) is 0. The fourth-order valence-electron chi connectivity index (χ4n) is 3.92. The van der Waals surface area contributed by atoms with E-state index in [0.717, 1.165) is 37.7 Å². The number of carbonyl (C=O) groups excluding carboxylic acids is 2. The number of nitrogens with zero attached hydrogens (tertiary/aromatic N) is 3. The standard InChI is InChI=1S/C21H30ClN3O3/c1-2-28-21(27)17-7-11-25(12-8-17)20(26)9-10-23-13-15-24(16-14-23)19-5-3-18(22)4-6-19/h3-6,17H,2,7-16H2,1H3. The smallest absolute Gasteiger partial charge is 0.309 e. The summed E-state index contributed by atoms with van der Waals surface area (Å²) in [4.78, 5) is 30.9. The molecule has 1 aromatic rings. The van der Waals surface area contributed by atoms with Crippen molar-refractivity contribution in [3.8, 4) is 0 Å². The van der Waals surface area contributed by atoms with Crippen molar-refractivity contribution in [3.63, 3.8) is 0 Å². The van der Waals surface area contributed by atoms with E-state index >= 15 is 0 Å². The highest BCUT2D eigenvalue weighted by Gasteiger charge is 2.28. The first-order chi connectivity index (χ1) is 13.6. The second-order valence-electron chi connectivity index (χ2n) is 7.46. The highest BCUT2D eigenvalue weighted by Crippen LogP contribution is 2.21. The molecule has 2 saturated heterocycles. The molecule has 6 nitrogen and oxygen atoms in total. The van der Waals surface area contributed by atoms with E-state index in [1.807, 2.05) is 24.0 Å². The zero-order valence-electron chi connectivity index (χ0n) is 16.6. The number of piperidine rings is 1. The quantitative estimate of drug-likeness (QED) is 0.678. The molecular weight excluding hydrogens is 378 g/mol. The Morgan fingerprint density at radius 3 is 2.29 bits per heavy atom. The first kappa shape index (κ1) is 20.9. The molecule has 1 aromatic carbocycles. The SMILES string of the molecule is CCOC(=O)C1CCN(C(=O)CCN2CCN(c3ccc(Cl)cc3)CC2)CC1. The lowest BCUT2D eigenvalue weighted by atomic mass is 9.97. The number of likely N-dealkylation sites (tertiary alicyclic amines) is 1. The zero-order valence-corrected chi connectivity index (χ0v) is 17.4. The van der Waals surface area contributed by atoms with Crippen LogP contribution in [0.3, 0.4) is 0 Å². The Balaban J connectivity index is 1.36. The van der Waals surface area contributed by atoms with E-state index in [1.165, 1.54) is 5.69 Å². The van der Waals surface area contributed by atoms with Crippen molar-refractivity contribution in [1.82, 2.24) is 9.80 Å². The third-order valence-electron chi connectivity index (χ3n) is 5.67. The summed E-state index contributed by atoms with van der Waals surface area (Å²) in [5.74, 6) is 0.0283. The van der Waals surface area contributed by atoms with Crippen molar-refractivity contribution in [2.45, 2.75) is 26.2 Å². The van der Waals surface area contributed by atoms with Crippen LogP contribution in [0.25, 0.3) is 0 Å². The summed E-state index contributed by atoms with van der Waals surface area (Å²) >= 11 is 5.96. The Hall–Kier alpha value is -1.79. The Kier molecular flexibility index (Phi) is 7.57. The molecule has 0 spiro atoms. The number of hydrogen-bond acceptors (Lipinski definition) is 5. The predicted molar refractivity (Wildman–Crippen MR) is 111 cm³/mol. The number of halogens is 1. The van der Waals surface area contributed by atoms with Crippen molar-refractivity contribution < 1.29 is 14.3 Å². The van der Waals surface area contributed by atoms with Gasteiger partial charge in [0, 0.05) is 62.9 Å². The van der Waals surface area contributed by atoms with E-state index in [2.05, 4.69) is 21.9 Å². The van der Waals surface area contributed by atoms with Gasteiger partial charge in [0.25, 0.3) is 0 Å². The van der Waals surface area contributed by atoms with Gasteiger partial charge < -0.3 is 14.5 Å². The summed E-state index contributed by atoms with van der Waals surface area (Å²) in [6, 6.07) is 7.96. The average molecular weight is 408 g/mol. The molecule has 28 heavy (non-hydrogen) atoms. The van der Waals surface area contributed by atoms with Crippen LogP contribution in [0.1, 0.15) is 26.2 Å². The molecular formula is C21H30ClN3O3. The highest BCUT2D eigenvalue weighted by molar-refractivity contribution is 6.30. The van der Waals surface area contributed by atoms with Gasteiger partial charge in [-0.05, 0) is 44.0 Å². The van der Waals surface area contributed by atoms with Gasteiger partial charge in [-0.1, -0.05) is 11.6 Å². The van der Waals surface area contributed by atoms with E-state index in [9.17, 15) is 9.59 Å². The average Bonchev–Trinajstić information content (AvgIpc) is 2.73. The number of anilines is 1. The summed E-state index contributed by atoms with van der Waals surface area (Å²) in [6.07, 6.45) is 1.97. The van der Waals surface area contributed by atoms with Crippen molar-refractivity contribution in [1.29, 1.82) is 0 Å². The molecule has 2 heterocycles. The molecule has 0 saturated carbocycles. The molecule has 2 aliphatic rings. The topological polar surface area (TPSA) is 53.1 Å². The van der Waals surface area contributed by atoms with Gasteiger partial charge in [0.2, 0.25) is 5.91 Å². The van der Waals surface area contributed by atoms with Gasteiger partial charge in [-0.25, -0.2) is 0 Å². The minimum absolute atomic E-state index is 0.0510. The second kappa shape index (κ2) is 10.1. The Labute approximate surface area is 172 Å². The van der Waals surface area contributed by atoms with Crippen LogP contribution >= 0.6 is 11.6 Å². The van der Waals surface area contributed by atoms with Crippen LogP contribution in [0.4, 0.5) is 5.69 Å². The molecule has 0 N–H and O–H groups in total. The number of benzene rings is 1. The Morgan fingerprint density at radius 2 is 1.68 bits per heavy atom. The Bertz CT molecular complexity index is 651. The van der Waals surface area contributed by atoms with Crippen LogP contribution in [0, 0.1) is 5.92 Å². The lowest BCUT2D eigenvalue weighted by molar-refractivity contribution is -0.151. The molecule has 3 rings (SSSR count). The molecule has 0 aromatic heterocycles. The van der Waals surface area contributed by atoms with Crippen LogP contribution in [-0.4, -0.2) is 74.1 Å². The number of ether oxygens (including phenoxy) is 1. The number of carbonyl (C=O) groups is 2. The first-order valence-electron chi connectivity index (χ1n) is 10.2. The van der Waals surface area contributed by atoms with Crippen molar-refractivity contribution >= 4 is 29.2 Å². The van der Waals surface area contributed by atoms with Crippen molar-refractivity contribution in [2.75, 3.05) is 57.3 Å². The fourth-order valence-corrected chi connectivity index (χ4v) is 4.04. The van der Waals surface area contributed by atoms with Gasteiger partial charge in [-0.2, -0.15) is 0 Å². The maximum absolute atomic E-state index is 12.5. The number of amides is 1. The molecule has 2 fully saturated rings. The molecule has 0 radical (unpaired) electrons. The minimum Gasteiger partial charge on any atom is -0.466 e. The monoisotopic (exact) mass is 407 g/mol. The van der Waals surface area contributed by atoms with Crippen molar-refractivity contribution in [3.05, 3.63) is 29.3 Å². The summed E-state index contributed by atoms with van der Waals surface area (Å²) in [6.45, 7) is 8.20. The van der Waals surface area contributed by atoms with Crippen LogP contribution in [0.2, 0.25) is 5.02 Å². The Morgan fingerprint density at radius 1 is 1.04 bits per heavy atom.